The quantitative estimate of drug-likeness (QED) is 0.818. The summed E-state index contributed by atoms with van der Waals surface area (Å²) in [5, 5.41) is 0.864. The van der Waals surface area contributed by atoms with Gasteiger partial charge in [-0.25, -0.2) is 0 Å². The highest BCUT2D eigenvalue weighted by molar-refractivity contribution is 5.85. The van der Waals surface area contributed by atoms with E-state index in [1.54, 1.807) is 19.2 Å². The van der Waals surface area contributed by atoms with Crippen molar-refractivity contribution < 1.29 is 14.3 Å². The number of hydrogen-bond acceptors (Lipinski definition) is 4. The van der Waals surface area contributed by atoms with Crippen LogP contribution in [0.2, 0.25) is 0 Å². The molecule has 0 N–H and O–H groups in total. The third-order valence-electron chi connectivity index (χ3n) is 3.23. The summed E-state index contributed by atoms with van der Waals surface area (Å²) in [5.41, 5.74) is 1.12. The largest absolute Gasteiger partial charge is 0.454 e. The monoisotopic (exact) mass is 259 g/mol. The Labute approximate surface area is 109 Å². The van der Waals surface area contributed by atoms with Crippen molar-refractivity contribution in [3.63, 3.8) is 0 Å². The highest BCUT2D eigenvalue weighted by atomic mass is 16.7. The zero-order valence-corrected chi connectivity index (χ0v) is 10.7. The average Bonchev–Trinajstić information content (AvgIpc) is 2.80. The number of nitrogens with zero attached hydrogens (tertiary/aromatic N) is 1. The van der Waals surface area contributed by atoms with Gasteiger partial charge in [0.1, 0.15) is 5.78 Å². The fraction of sp³-hybridized carbons (Fsp3) is 0.286. The summed E-state index contributed by atoms with van der Waals surface area (Å²) in [6.07, 6.45) is 0.150. The Hall–Kier alpha value is -2.30. The summed E-state index contributed by atoms with van der Waals surface area (Å²) in [5.74, 6) is 1.28. The molecular weight excluding hydrogens is 246 g/mol. The van der Waals surface area contributed by atoms with E-state index in [1.807, 2.05) is 6.07 Å². The van der Waals surface area contributed by atoms with E-state index < -0.39 is 0 Å². The number of Topliss-reactive ketones (excluding diaryl/α,β-unsaturated/α-hetero) is 1. The SMILES string of the molecule is CC(=O)Cc1cc2cc3c(cc2n(C)c1=O)OCO3. The second-order valence-electron chi connectivity index (χ2n) is 4.68. The highest BCUT2D eigenvalue weighted by Crippen LogP contribution is 2.35. The lowest BCUT2D eigenvalue weighted by atomic mass is 10.1. The minimum atomic E-state index is -0.151. The van der Waals surface area contributed by atoms with Crippen LogP contribution in [0.4, 0.5) is 0 Å². The van der Waals surface area contributed by atoms with Crippen molar-refractivity contribution in [3.05, 3.63) is 34.1 Å². The lowest BCUT2D eigenvalue weighted by molar-refractivity contribution is -0.116. The molecule has 1 aliphatic rings. The molecule has 2 heterocycles. The third kappa shape index (κ3) is 1.87. The molecule has 0 atom stereocenters. The minimum Gasteiger partial charge on any atom is -0.454 e. The number of carbonyl (C=O) groups excluding carboxylic acids is 1. The maximum absolute atomic E-state index is 12.2. The van der Waals surface area contributed by atoms with Gasteiger partial charge in [0.2, 0.25) is 6.79 Å². The molecule has 0 unspecified atom stereocenters. The Morgan fingerprint density at radius 3 is 2.63 bits per heavy atom. The molecule has 1 aromatic carbocycles. The lowest BCUT2D eigenvalue weighted by Crippen LogP contribution is -2.22. The number of rotatable bonds is 2. The average molecular weight is 259 g/mol. The van der Waals surface area contributed by atoms with Crippen LogP contribution in [0.3, 0.4) is 0 Å². The van der Waals surface area contributed by atoms with Crippen molar-refractivity contribution in [1.82, 2.24) is 4.57 Å². The van der Waals surface area contributed by atoms with Gasteiger partial charge < -0.3 is 14.0 Å². The summed E-state index contributed by atoms with van der Waals surface area (Å²) >= 11 is 0. The first-order valence-electron chi connectivity index (χ1n) is 5.98. The van der Waals surface area contributed by atoms with Gasteiger partial charge in [-0.3, -0.25) is 9.59 Å². The molecule has 5 heteroatoms. The van der Waals surface area contributed by atoms with E-state index in [2.05, 4.69) is 0 Å². The van der Waals surface area contributed by atoms with Crippen LogP contribution in [0, 0.1) is 0 Å². The van der Waals surface area contributed by atoms with Crippen LogP contribution >= 0.6 is 0 Å². The molecule has 5 nitrogen and oxygen atoms in total. The second-order valence-corrected chi connectivity index (χ2v) is 4.68. The van der Waals surface area contributed by atoms with E-state index in [0.29, 0.717) is 17.1 Å². The number of pyridine rings is 1. The molecule has 0 saturated heterocycles. The van der Waals surface area contributed by atoms with E-state index in [9.17, 15) is 9.59 Å². The number of ketones is 1. The molecule has 0 saturated carbocycles. The van der Waals surface area contributed by atoms with Gasteiger partial charge in [0.15, 0.2) is 11.5 Å². The molecule has 19 heavy (non-hydrogen) atoms. The molecule has 0 amide bonds. The predicted octanol–water partition coefficient (Wildman–Crippen LogP) is 1.40. The maximum atomic E-state index is 12.2. The summed E-state index contributed by atoms with van der Waals surface area (Å²) in [7, 11) is 1.69. The van der Waals surface area contributed by atoms with Crippen molar-refractivity contribution >= 4 is 16.7 Å². The van der Waals surface area contributed by atoms with Crippen LogP contribution in [0.1, 0.15) is 12.5 Å². The predicted molar refractivity (Wildman–Crippen MR) is 69.7 cm³/mol. The zero-order valence-electron chi connectivity index (χ0n) is 10.7. The van der Waals surface area contributed by atoms with Crippen LogP contribution in [-0.4, -0.2) is 17.1 Å². The summed E-state index contributed by atoms with van der Waals surface area (Å²) < 4.78 is 12.2. The van der Waals surface area contributed by atoms with Crippen LogP contribution in [-0.2, 0) is 18.3 Å². The molecule has 0 bridgehead atoms. The Bertz CT molecular complexity index is 745. The van der Waals surface area contributed by atoms with Crippen molar-refractivity contribution in [3.8, 4) is 11.5 Å². The fourth-order valence-corrected chi connectivity index (χ4v) is 2.32. The molecule has 98 valence electrons. The number of aromatic nitrogens is 1. The Morgan fingerprint density at radius 1 is 1.26 bits per heavy atom. The second kappa shape index (κ2) is 4.12. The van der Waals surface area contributed by atoms with Crippen LogP contribution in [0.25, 0.3) is 10.9 Å². The van der Waals surface area contributed by atoms with Crippen LogP contribution in [0.15, 0.2) is 23.0 Å². The number of ether oxygens (including phenoxy) is 2. The van der Waals surface area contributed by atoms with E-state index in [0.717, 1.165) is 10.9 Å². The Balaban J connectivity index is 2.28. The van der Waals surface area contributed by atoms with Gasteiger partial charge in [0, 0.05) is 30.5 Å². The maximum Gasteiger partial charge on any atom is 0.254 e. The molecule has 1 aromatic heterocycles. The van der Waals surface area contributed by atoms with Gasteiger partial charge in [0.05, 0.1) is 5.52 Å². The Kier molecular flexibility index (Phi) is 2.55. The lowest BCUT2D eigenvalue weighted by Gasteiger charge is -2.09. The molecule has 0 spiro atoms. The topological polar surface area (TPSA) is 57.5 Å². The zero-order chi connectivity index (χ0) is 13.6. The number of aryl methyl sites for hydroxylation is 1. The van der Waals surface area contributed by atoms with Gasteiger partial charge in [0.25, 0.3) is 5.56 Å². The normalized spacial score (nSPS) is 12.9. The number of hydrogen-bond donors (Lipinski definition) is 0. The van der Waals surface area contributed by atoms with Gasteiger partial charge >= 0.3 is 0 Å². The molecule has 2 aromatic rings. The summed E-state index contributed by atoms with van der Waals surface area (Å²) in [6, 6.07) is 5.37. The first-order chi connectivity index (χ1) is 9.06. The van der Waals surface area contributed by atoms with Crippen molar-refractivity contribution in [1.29, 1.82) is 0 Å². The third-order valence-corrected chi connectivity index (χ3v) is 3.23. The minimum absolute atomic E-state index is 0.0304. The number of fused-ring (bicyclic) bond motifs is 2. The van der Waals surface area contributed by atoms with Crippen molar-refractivity contribution in [2.24, 2.45) is 7.05 Å². The highest BCUT2D eigenvalue weighted by Gasteiger charge is 2.17. The van der Waals surface area contributed by atoms with Gasteiger partial charge in [-0.05, 0) is 19.1 Å². The smallest absolute Gasteiger partial charge is 0.254 e. The standard InChI is InChI=1S/C14H13NO4/c1-8(16)3-10-4-9-5-12-13(19-7-18-12)6-11(9)15(2)14(10)17/h4-6H,3,7H2,1-2H3. The summed E-state index contributed by atoms with van der Waals surface area (Å²) in [6.45, 7) is 1.67. The molecular formula is C14H13NO4. The van der Waals surface area contributed by atoms with E-state index in [1.165, 1.54) is 11.5 Å². The molecule has 0 fully saturated rings. The molecule has 0 aliphatic carbocycles. The number of carbonyl (C=O) groups is 1. The van der Waals surface area contributed by atoms with Crippen molar-refractivity contribution in [2.45, 2.75) is 13.3 Å². The van der Waals surface area contributed by atoms with E-state index in [4.69, 9.17) is 9.47 Å². The fourth-order valence-electron chi connectivity index (χ4n) is 2.32. The van der Waals surface area contributed by atoms with Crippen LogP contribution in [0.5, 0.6) is 11.5 Å². The first-order valence-corrected chi connectivity index (χ1v) is 5.98. The molecule has 3 rings (SSSR count). The van der Waals surface area contributed by atoms with E-state index >= 15 is 0 Å². The molecule has 1 aliphatic heterocycles. The van der Waals surface area contributed by atoms with Crippen molar-refractivity contribution in [2.75, 3.05) is 6.79 Å². The Morgan fingerprint density at radius 2 is 1.95 bits per heavy atom. The number of benzene rings is 1. The summed E-state index contributed by atoms with van der Waals surface area (Å²) in [4.78, 5) is 23.4. The van der Waals surface area contributed by atoms with E-state index in [-0.39, 0.29) is 24.6 Å². The van der Waals surface area contributed by atoms with Gasteiger partial charge in [-0.15, -0.1) is 0 Å². The molecule has 0 radical (unpaired) electrons. The van der Waals surface area contributed by atoms with Gasteiger partial charge in [-0.2, -0.15) is 0 Å². The van der Waals surface area contributed by atoms with Gasteiger partial charge in [-0.1, -0.05) is 0 Å². The van der Waals surface area contributed by atoms with Crippen LogP contribution < -0.4 is 15.0 Å². The first kappa shape index (κ1) is 11.8.